The highest BCUT2D eigenvalue weighted by Gasteiger charge is 2.10. The molecular weight excluding hydrogens is 238 g/mol. The van der Waals surface area contributed by atoms with E-state index in [1.807, 2.05) is 0 Å². The molecule has 1 saturated heterocycles. The number of hydrogen-bond acceptors (Lipinski definition) is 4. The Bertz CT molecular complexity index is 487. The van der Waals surface area contributed by atoms with E-state index in [1.54, 1.807) is 6.20 Å². The van der Waals surface area contributed by atoms with Crippen molar-refractivity contribution in [3.05, 3.63) is 42.6 Å². The molecule has 0 spiro atoms. The minimum Gasteiger partial charge on any atom is -0.447 e. The normalized spacial score (nSPS) is 15.5. The SMILES string of the molecule is c1ncc(CNc2ccc(N3CCCCC3)cc2)o1. The van der Waals surface area contributed by atoms with Crippen LogP contribution >= 0.6 is 0 Å². The second-order valence-electron chi connectivity index (χ2n) is 4.92. The van der Waals surface area contributed by atoms with Crippen molar-refractivity contribution < 1.29 is 4.42 Å². The van der Waals surface area contributed by atoms with Gasteiger partial charge >= 0.3 is 0 Å². The number of benzene rings is 1. The molecule has 1 fully saturated rings. The number of nitrogens with one attached hydrogen (secondary N) is 1. The Morgan fingerprint density at radius 2 is 1.89 bits per heavy atom. The van der Waals surface area contributed by atoms with Gasteiger partial charge in [0.1, 0.15) is 5.76 Å². The van der Waals surface area contributed by atoms with Gasteiger partial charge in [0.25, 0.3) is 0 Å². The summed E-state index contributed by atoms with van der Waals surface area (Å²) in [7, 11) is 0. The molecule has 1 aromatic heterocycles. The van der Waals surface area contributed by atoms with Gasteiger partial charge in [0.05, 0.1) is 12.7 Å². The van der Waals surface area contributed by atoms with Crippen molar-refractivity contribution >= 4 is 11.4 Å². The third-order valence-electron chi connectivity index (χ3n) is 3.54. The zero-order valence-corrected chi connectivity index (χ0v) is 11.0. The lowest BCUT2D eigenvalue weighted by atomic mass is 10.1. The zero-order chi connectivity index (χ0) is 12.9. The van der Waals surface area contributed by atoms with Crippen LogP contribution < -0.4 is 10.2 Å². The fourth-order valence-corrected chi connectivity index (χ4v) is 2.46. The fraction of sp³-hybridized carbons (Fsp3) is 0.400. The molecule has 0 radical (unpaired) electrons. The number of nitrogens with zero attached hydrogens (tertiary/aromatic N) is 2. The molecule has 19 heavy (non-hydrogen) atoms. The molecular formula is C15H19N3O. The average Bonchev–Trinajstić information content (AvgIpc) is 3.00. The Labute approximate surface area is 113 Å². The molecule has 2 aromatic rings. The molecule has 4 nitrogen and oxygen atoms in total. The highest BCUT2D eigenvalue weighted by Crippen LogP contribution is 2.22. The maximum Gasteiger partial charge on any atom is 0.180 e. The summed E-state index contributed by atoms with van der Waals surface area (Å²) in [5.41, 5.74) is 2.43. The van der Waals surface area contributed by atoms with Crippen molar-refractivity contribution in [3.63, 3.8) is 0 Å². The molecule has 2 heterocycles. The summed E-state index contributed by atoms with van der Waals surface area (Å²) in [5, 5.41) is 3.32. The number of oxazole rings is 1. The number of piperidine rings is 1. The van der Waals surface area contributed by atoms with Crippen LogP contribution in [0.2, 0.25) is 0 Å². The van der Waals surface area contributed by atoms with E-state index >= 15 is 0 Å². The molecule has 0 amide bonds. The van der Waals surface area contributed by atoms with Crippen LogP contribution in [0.15, 0.2) is 41.3 Å². The van der Waals surface area contributed by atoms with Crippen LogP contribution in [0.5, 0.6) is 0 Å². The van der Waals surface area contributed by atoms with Crippen molar-refractivity contribution in [1.82, 2.24) is 4.98 Å². The van der Waals surface area contributed by atoms with Crippen molar-refractivity contribution in [2.45, 2.75) is 25.8 Å². The number of rotatable bonds is 4. The van der Waals surface area contributed by atoms with Gasteiger partial charge in [-0.3, -0.25) is 0 Å². The summed E-state index contributed by atoms with van der Waals surface area (Å²) in [5.74, 6) is 0.847. The maximum absolute atomic E-state index is 5.19. The molecule has 0 atom stereocenters. The molecule has 100 valence electrons. The lowest BCUT2D eigenvalue weighted by Crippen LogP contribution is -2.29. The van der Waals surface area contributed by atoms with Crippen molar-refractivity contribution in [2.24, 2.45) is 0 Å². The van der Waals surface area contributed by atoms with E-state index in [1.165, 1.54) is 44.4 Å². The first kappa shape index (κ1) is 12.1. The summed E-state index contributed by atoms with van der Waals surface area (Å²) >= 11 is 0. The maximum atomic E-state index is 5.19. The highest BCUT2D eigenvalue weighted by molar-refractivity contribution is 5.55. The van der Waals surface area contributed by atoms with Gasteiger partial charge in [-0.1, -0.05) is 0 Å². The first-order valence-electron chi connectivity index (χ1n) is 6.88. The second-order valence-corrected chi connectivity index (χ2v) is 4.92. The van der Waals surface area contributed by atoms with Gasteiger partial charge in [-0.05, 0) is 43.5 Å². The van der Waals surface area contributed by atoms with Crippen LogP contribution in [0, 0.1) is 0 Å². The summed E-state index contributed by atoms with van der Waals surface area (Å²) in [6, 6.07) is 8.63. The topological polar surface area (TPSA) is 41.3 Å². The lowest BCUT2D eigenvalue weighted by Gasteiger charge is -2.28. The summed E-state index contributed by atoms with van der Waals surface area (Å²) < 4.78 is 5.19. The monoisotopic (exact) mass is 257 g/mol. The number of aromatic nitrogens is 1. The minimum atomic E-state index is 0.670. The van der Waals surface area contributed by atoms with Gasteiger partial charge < -0.3 is 14.6 Å². The molecule has 0 bridgehead atoms. The number of anilines is 2. The molecule has 0 aliphatic carbocycles. The summed E-state index contributed by atoms with van der Waals surface area (Å²) in [6.45, 7) is 3.04. The van der Waals surface area contributed by atoms with E-state index < -0.39 is 0 Å². The second kappa shape index (κ2) is 5.78. The molecule has 4 heteroatoms. The quantitative estimate of drug-likeness (QED) is 0.912. The Balaban J connectivity index is 1.58. The smallest absolute Gasteiger partial charge is 0.180 e. The highest BCUT2D eigenvalue weighted by atomic mass is 16.3. The Morgan fingerprint density at radius 1 is 1.11 bits per heavy atom. The van der Waals surface area contributed by atoms with Gasteiger partial charge in [0, 0.05) is 24.5 Å². The third-order valence-corrected chi connectivity index (χ3v) is 3.54. The third kappa shape index (κ3) is 3.08. The number of hydrogen-bond donors (Lipinski definition) is 1. The average molecular weight is 257 g/mol. The van der Waals surface area contributed by atoms with Crippen LogP contribution in [-0.4, -0.2) is 18.1 Å². The van der Waals surface area contributed by atoms with Gasteiger partial charge in [-0.2, -0.15) is 0 Å². The van der Waals surface area contributed by atoms with Crippen molar-refractivity contribution in [3.8, 4) is 0 Å². The van der Waals surface area contributed by atoms with Crippen LogP contribution in [-0.2, 0) is 6.54 Å². The predicted molar refractivity (Wildman–Crippen MR) is 76.3 cm³/mol. The van der Waals surface area contributed by atoms with E-state index in [4.69, 9.17) is 4.42 Å². The van der Waals surface area contributed by atoms with E-state index in [2.05, 4.69) is 39.5 Å². The minimum absolute atomic E-state index is 0.670. The van der Waals surface area contributed by atoms with Crippen LogP contribution in [0.25, 0.3) is 0 Å². The largest absolute Gasteiger partial charge is 0.447 e. The molecule has 1 N–H and O–H groups in total. The predicted octanol–water partition coefficient (Wildman–Crippen LogP) is 3.28. The van der Waals surface area contributed by atoms with Crippen molar-refractivity contribution in [1.29, 1.82) is 0 Å². The van der Waals surface area contributed by atoms with Gasteiger partial charge in [0.15, 0.2) is 6.39 Å². The van der Waals surface area contributed by atoms with E-state index in [9.17, 15) is 0 Å². The van der Waals surface area contributed by atoms with Crippen molar-refractivity contribution in [2.75, 3.05) is 23.3 Å². The molecule has 1 aromatic carbocycles. The Morgan fingerprint density at radius 3 is 2.58 bits per heavy atom. The summed E-state index contributed by atoms with van der Waals surface area (Å²) in [6.07, 6.45) is 7.18. The van der Waals surface area contributed by atoms with Gasteiger partial charge in [0.2, 0.25) is 0 Å². The molecule has 1 aliphatic rings. The zero-order valence-electron chi connectivity index (χ0n) is 11.0. The van der Waals surface area contributed by atoms with Gasteiger partial charge in [-0.15, -0.1) is 0 Å². The lowest BCUT2D eigenvalue weighted by molar-refractivity contribution is 0.512. The Kier molecular flexibility index (Phi) is 3.68. The standard InChI is InChI=1S/C15H19N3O/c1-2-8-18(9-3-1)14-6-4-13(5-7-14)17-11-15-10-16-12-19-15/h4-7,10,12,17H,1-3,8-9,11H2. The van der Waals surface area contributed by atoms with E-state index in [0.29, 0.717) is 6.54 Å². The first-order valence-corrected chi connectivity index (χ1v) is 6.88. The fourth-order valence-electron chi connectivity index (χ4n) is 2.46. The van der Waals surface area contributed by atoms with E-state index in [0.717, 1.165) is 11.4 Å². The molecule has 3 rings (SSSR count). The molecule has 1 aliphatic heterocycles. The van der Waals surface area contributed by atoms with Gasteiger partial charge in [-0.25, -0.2) is 4.98 Å². The Hall–Kier alpha value is -1.97. The van der Waals surface area contributed by atoms with Crippen LogP contribution in [0.1, 0.15) is 25.0 Å². The molecule has 0 saturated carbocycles. The first-order chi connectivity index (χ1) is 9.42. The van der Waals surface area contributed by atoms with E-state index in [-0.39, 0.29) is 0 Å². The summed E-state index contributed by atoms with van der Waals surface area (Å²) in [4.78, 5) is 6.36. The van der Waals surface area contributed by atoms with Crippen LogP contribution in [0.4, 0.5) is 11.4 Å². The molecule has 0 unspecified atom stereocenters. The van der Waals surface area contributed by atoms with Crippen LogP contribution in [0.3, 0.4) is 0 Å².